The predicted molar refractivity (Wildman–Crippen MR) is 205 cm³/mol. The van der Waals surface area contributed by atoms with Crippen LogP contribution in [-0.4, -0.2) is 47.8 Å². The lowest BCUT2D eigenvalue weighted by Gasteiger charge is -2.37. The van der Waals surface area contributed by atoms with Crippen molar-refractivity contribution < 1.29 is 14.6 Å². The monoisotopic (exact) mass is 656 g/mol. The van der Waals surface area contributed by atoms with Crippen LogP contribution in [0.1, 0.15) is 181 Å². The van der Waals surface area contributed by atoms with Gasteiger partial charge in [0.1, 0.15) is 0 Å². The number of allylic oxidation sites excluding steroid dienone is 8. The number of rotatable bonds is 33. The van der Waals surface area contributed by atoms with Crippen LogP contribution in [0.25, 0.3) is 0 Å². The van der Waals surface area contributed by atoms with E-state index >= 15 is 0 Å². The second-order valence-electron chi connectivity index (χ2n) is 14.2. The van der Waals surface area contributed by atoms with Gasteiger partial charge in [0.2, 0.25) is 0 Å². The van der Waals surface area contributed by atoms with E-state index in [1.807, 2.05) is 0 Å². The Hall–Kier alpha value is -1.65. The first-order valence-electron chi connectivity index (χ1n) is 20.3. The number of carboxylic acid groups (broad SMARTS) is 1. The van der Waals surface area contributed by atoms with Gasteiger partial charge in [0.25, 0.3) is 0 Å². The Morgan fingerprint density at radius 3 is 1.53 bits per heavy atom. The number of nitrogens with zero attached hydrogens (tertiary/aromatic N) is 1. The number of carbonyl (C=O) groups is 1. The number of aliphatic carboxylic acids is 1. The molecular formula is C43H77NO3. The van der Waals surface area contributed by atoms with Crippen molar-refractivity contribution in [1.29, 1.82) is 0 Å². The van der Waals surface area contributed by atoms with E-state index in [1.165, 1.54) is 103 Å². The lowest BCUT2D eigenvalue weighted by atomic mass is 9.83. The molecule has 0 aromatic carbocycles. The maximum absolute atomic E-state index is 12.8. The molecule has 2 atom stereocenters. The summed E-state index contributed by atoms with van der Waals surface area (Å²) in [5.74, 6) is -0.768. The van der Waals surface area contributed by atoms with Crippen LogP contribution in [0.4, 0.5) is 0 Å². The van der Waals surface area contributed by atoms with Crippen LogP contribution in [0.15, 0.2) is 48.6 Å². The Morgan fingerprint density at radius 2 is 1.06 bits per heavy atom. The summed E-state index contributed by atoms with van der Waals surface area (Å²) in [6.45, 7) is 10.2. The van der Waals surface area contributed by atoms with E-state index in [0.29, 0.717) is 13.0 Å². The van der Waals surface area contributed by atoms with Crippen molar-refractivity contribution in [3.05, 3.63) is 48.6 Å². The fraction of sp³-hybridized carbons (Fsp3) is 0.791. The van der Waals surface area contributed by atoms with Crippen molar-refractivity contribution in [1.82, 2.24) is 4.90 Å². The van der Waals surface area contributed by atoms with E-state index in [9.17, 15) is 9.90 Å². The normalized spacial score (nSPS) is 16.4. The summed E-state index contributed by atoms with van der Waals surface area (Å²) in [4.78, 5) is 15.3. The summed E-state index contributed by atoms with van der Waals surface area (Å²) in [6, 6.07) is 0. The van der Waals surface area contributed by atoms with Gasteiger partial charge in [-0.05, 0) is 109 Å². The van der Waals surface area contributed by atoms with E-state index < -0.39 is 11.6 Å². The predicted octanol–water partition coefficient (Wildman–Crippen LogP) is 12.8. The molecule has 2 unspecified atom stereocenters. The molecule has 0 amide bonds. The quantitative estimate of drug-likeness (QED) is 0.0564. The van der Waals surface area contributed by atoms with E-state index in [-0.39, 0.29) is 5.92 Å². The first kappa shape index (κ1) is 43.4. The Morgan fingerprint density at radius 1 is 0.638 bits per heavy atom. The summed E-state index contributed by atoms with van der Waals surface area (Å²) >= 11 is 0. The van der Waals surface area contributed by atoms with Gasteiger partial charge < -0.3 is 14.7 Å². The molecule has 4 heteroatoms. The number of hydrogen-bond donors (Lipinski definition) is 1. The zero-order valence-corrected chi connectivity index (χ0v) is 31.4. The zero-order valence-electron chi connectivity index (χ0n) is 31.4. The number of ether oxygens (including phenoxy) is 1. The molecule has 1 heterocycles. The summed E-state index contributed by atoms with van der Waals surface area (Å²) in [5, 5.41) is 10.5. The molecule has 1 N–H and O–H groups in total. The summed E-state index contributed by atoms with van der Waals surface area (Å²) < 4.78 is 6.44. The van der Waals surface area contributed by atoms with E-state index in [1.54, 1.807) is 0 Å². The van der Waals surface area contributed by atoms with Crippen molar-refractivity contribution >= 4 is 5.97 Å². The first-order chi connectivity index (χ1) is 23.1. The Bertz CT molecular complexity index is 825. The topological polar surface area (TPSA) is 49.8 Å². The minimum absolute atomic E-state index is 0.0133. The van der Waals surface area contributed by atoms with Gasteiger partial charge in [-0.3, -0.25) is 0 Å². The zero-order chi connectivity index (χ0) is 34.1. The fourth-order valence-electron chi connectivity index (χ4n) is 6.71. The summed E-state index contributed by atoms with van der Waals surface area (Å²) in [5.41, 5.74) is -1.07. The van der Waals surface area contributed by atoms with Crippen LogP contribution in [-0.2, 0) is 9.53 Å². The third-order valence-electron chi connectivity index (χ3n) is 9.84. The van der Waals surface area contributed by atoms with Crippen LogP contribution >= 0.6 is 0 Å². The van der Waals surface area contributed by atoms with Gasteiger partial charge in [-0.25, -0.2) is 4.79 Å². The number of unbranched alkanes of at least 4 members (excludes halogenated alkanes) is 16. The van der Waals surface area contributed by atoms with Gasteiger partial charge in [0.15, 0.2) is 5.60 Å². The summed E-state index contributed by atoms with van der Waals surface area (Å²) in [6.07, 6.45) is 47.6. The van der Waals surface area contributed by atoms with Gasteiger partial charge in [0.05, 0.1) is 0 Å². The summed E-state index contributed by atoms with van der Waals surface area (Å²) in [7, 11) is 0. The van der Waals surface area contributed by atoms with Gasteiger partial charge in [-0.2, -0.15) is 0 Å². The van der Waals surface area contributed by atoms with Crippen molar-refractivity contribution in [2.24, 2.45) is 5.92 Å². The largest absolute Gasteiger partial charge is 0.479 e. The Balaban J connectivity index is 2.33. The fourth-order valence-corrected chi connectivity index (χ4v) is 6.71. The highest BCUT2D eigenvalue weighted by molar-refractivity contribution is 5.78. The van der Waals surface area contributed by atoms with Crippen molar-refractivity contribution in [2.75, 3.05) is 26.2 Å². The van der Waals surface area contributed by atoms with Crippen molar-refractivity contribution in [3.63, 3.8) is 0 Å². The maximum Gasteiger partial charge on any atom is 0.336 e. The van der Waals surface area contributed by atoms with Crippen LogP contribution in [0, 0.1) is 5.92 Å². The second kappa shape index (κ2) is 31.6. The number of hydrogen-bond acceptors (Lipinski definition) is 3. The van der Waals surface area contributed by atoms with Crippen LogP contribution in [0.5, 0.6) is 0 Å². The number of likely N-dealkylation sites (tertiary alicyclic amines) is 1. The molecule has 1 saturated heterocycles. The first-order valence-corrected chi connectivity index (χ1v) is 20.3. The molecule has 4 nitrogen and oxygen atoms in total. The van der Waals surface area contributed by atoms with E-state index in [2.05, 4.69) is 74.3 Å². The molecule has 0 spiro atoms. The lowest BCUT2D eigenvalue weighted by Crippen LogP contribution is -2.51. The molecule has 0 aromatic rings. The van der Waals surface area contributed by atoms with Crippen molar-refractivity contribution in [2.45, 2.75) is 187 Å². The molecule has 272 valence electrons. The molecule has 0 aliphatic carbocycles. The van der Waals surface area contributed by atoms with Crippen LogP contribution < -0.4 is 0 Å². The maximum atomic E-state index is 12.8. The van der Waals surface area contributed by atoms with E-state index in [0.717, 1.165) is 71.0 Å². The molecule has 0 saturated carbocycles. The molecule has 0 bridgehead atoms. The van der Waals surface area contributed by atoms with Crippen molar-refractivity contribution in [3.8, 4) is 0 Å². The molecule has 1 rings (SSSR count). The van der Waals surface area contributed by atoms with Crippen LogP contribution in [0.2, 0.25) is 0 Å². The highest BCUT2D eigenvalue weighted by atomic mass is 16.5. The molecule has 1 aliphatic rings. The van der Waals surface area contributed by atoms with Gasteiger partial charge in [-0.15, -0.1) is 0 Å². The van der Waals surface area contributed by atoms with Gasteiger partial charge >= 0.3 is 5.97 Å². The highest BCUT2D eigenvalue weighted by Gasteiger charge is 2.45. The number of carboxylic acids is 1. The molecule has 47 heavy (non-hydrogen) atoms. The lowest BCUT2D eigenvalue weighted by molar-refractivity contribution is -0.177. The second-order valence-corrected chi connectivity index (χ2v) is 14.2. The molecule has 1 fully saturated rings. The minimum atomic E-state index is -1.07. The Kier molecular flexibility index (Phi) is 29.2. The standard InChI is InChI=1S/C43H77NO3/c1-4-6-8-10-12-14-16-18-20-21-23-25-27-29-31-35-39-47-43(42(45)46,41(3)40-44-37-33-34-38-44)36-32-30-28-26-24-22-19-17-15-13-11-9-7-5-2/h12-15,18-20,22,41H,4-11,16-17,21,23-40H2,1-3H3,(H,45,46). The Labute approximate surface area is 292 Å². The molecule has 0 aromatic heterocycles. The SMILES string of the molecule is CCCCCC=CCC=CCCCCCCCCOC(CCCCCCC=CCC=CCCCCC)(C(=O)O)C(C)CN1CCCC1. The molecule has 0 radical (unpaired) electrons. The average Bonchev–Trinajstić information content (AvgIpc) is 3.58. The molecular weight excluding hydrogens is 578 g/mol. The van der Waals surface area contributed by atoms with E-state index in [4.69, 9.17) is 4.74 Å². The average molecular weight is 656 g/mol. The van der Waals surface area contributed by atoms with Gasteiger partial charge in [0, 0.05) is 19.1 Å². The smallest absolute Gasteiger partial charge is 0.336 e. The van der Waals surface area contributed by atoms with Gasteiger partial charge in [-0.1, -0.05) is 134 Å². The van der Waals surface area contributed by atoms with Crippen LogP contribution in [0.3, 0.4) is 0 Å². The highest BCUT2D eigenvalue weighted by Crippen LogP contribution is 2.32. The third kappa shape index (κ3) is 23.4. The third-order valence-corrected chi connectivity index (χ3v) is 9.84. The molecule has 1 aliphatic heterocycles. The minimum Gasteiger partial charge on any atom is -0.479 e.